The minimum absolute atomic E-state index is 0.191. The summed E-state index contributed by atoms with van der Waals surface area (Å²) in [7, 11) is 0. The van der Waals surface area contributed by atoms with Gasteiger partial charge in [-0.1, -0.05) is 0 Å². The maximum atomic E-state index is 12.1. The van der Waals surface area contributed by atoms with Crippen molar-refractivity contribution in [3.63, 3.8) is 0 Å². The molecule has 4 heteroatoms. The van der Waals surface area contributed by atoms with Gasteiger partial charge in [-0.25, -0.2) is 0 Å². The molecule has 16 heavy (non-hydrogen) atoms. The van der Waals surface area contributed by atoms with Gasteiger partial charge in [0.2, 0.25) is 0 Å². The van der Waals surface area contributed by atoms with Crippen LogP contribution in [0.5, 0.6) is 0 Å². The molecule has 1 fully saturated rings. The lowest BCUT2D eigenvalue weighted by atomic mass is 10.1. The van der Waals surface area contributed by atoms with Crippen molar-refractivity contribution in [3.05, 3.63) is 22.4 Å². The molecule has 90 valence electrons. The first kappa shape index (κ1) is 12.4. The second-order valence-corrected chi connectivity index (χ2v) is 8.15. The van der Waals surface area contributed by atoms with Gasteiger partial charge in [-0.15, -0.1) is 4.72 Å². The van der Waals surface area contributed by atoms with Crippen LogP contribution in [0.2, 0.25) is 0 Å². The zero-order chi connectivity index (χ0) is 11.8. The zero-order valence-corrected chi connectivity index (χ0v) is 11.7. The molecule has 2 nitrogen and oxygen atoms in total. The summed E-state index contributed by atoms with van der Waals surface area (Å²) in [5.74, 6) is 0.681. The van der Waals surface area contributed by atoms with Crippen molar-refractivity contribution < 1.29 is 4.55 Å². The normalized spacial score (nSPS) is 20.8. The molecule has 1 aliphatic carbocycles. The standard InChI is InChI=1S/C12H19NOS2/c1-12(2,3)16(14)13-11(9-4-5-9)10-6-7-15-8-10/h6-9,11,13H,4-5H2,1-3H3/t11-,16+/m0/s1. The summed E-state index contributed by atoms with van der Waals surface area (Å²) in [4.78, 5) is 0. The van der Waals surface area contributed by atoms with Crippen LogP contribution in [-0.4, -0.2) is 9.30 Å². The molecule has 0 amide bonds. The minimum atomic E-state index is -0.978. The van der Waals surface area contributed by atoms with Crippen LogP contribution in [0.15, 0.2) is 16.8 Å². The van der Waals surface area contributed by atoms with Crippen molar-refractivity contribution in [1.82, 2.24) is 4.72 Å². The summed E-state index contributed by atoms with van der Waals surface area (Å²) < 4.78 is 15.2. The van der Waals surface area contributed by atoms with Crippen molar-refractivity contribution in [2.45, 2.75) is 44.4 Å². The molecule has 0 spiro atoms. The fraction of sp³-hybridized carbons (Fsp3) is 0.667. The molecular formula is C12H19NOS2. The van der Waals surface area contributed by atoms with Crippen LogP contribution < -0.4 is 4.72 Å². The summed E-state index contributed by atoms with van der Waals surface area (Å²) in [6.07, 6.45) is 2.52. The number of thiophene rings is 1. The van der Waals surface area contributed by atoms with Crippen LogP contribution in [0.3, 0.4) is 0 Å². The third kappa shape index (κ3) is 3.00. The Kier molecular flexibility index (Phi) is 3.64. The Hall–Kier alpha value is -0.0300. The van der Waals surface area contributed by atoms with E-state index in [0.717, 1.165) is 0 Å². The Balaban J connectivity index is 2.04. The predicted molar refractivity (Wildman–Crippen MR) is 70.8 cm³/mol. The molecule has 1 aromatic rings. The largest absolute Gasteiger partial charge is 0.598 e. The number of hydrogen-bond acceptors (Lipinski definition) is 3. The molecule has 0 bridgehead atoms. The van der Waals surface area contributed by atoms with E-state index in [4.69, 9.17) is 0 Å². The lowest BCUT2D eigenvalue weighted by molar-refractivity contribution is 0.504. The Morgan fingerprint density at radius 2 is 2.19 bits per heavy atom. The summed E-state index contributed by atoms with van der Waals surface area (Å²) in [6, 6.07) is 2.42. The average molecular weight is 257 g/mol. The summed E-state index contributed by atoms with van der Waals surface area (Å²) in [5, 5.41) is 4.25. The van der Waals surface area contributed by atoms with Gasteiger partial charge in [-0.05, 0) is 61.9 Å². The molecule has 0 aliphatic heterocycles. The highest BCUT2D eigenvalue weighted by molar-refractivity contribution is 7.90. The van der Waals surface area contributed by atoms with Crippen LogP contribution in [-0.2, 0) is 11.4 Å². The van der Waals surface area contributed by atoms with E-state index >= 15 is 0 Å². The lowest BCUT2D eigenvalue weighted by Gasteiger charge is -2.27. The van der Waals surface area contributed by atoms with E-state index < -0.39 is 11.4 Å². The van der Waals surface area contributed by atoms with Crippen LogP contribution >= 0.6 is 11.3 Å². The van der Waals surface area contributed by atoms with Gasteiger partial charge in [-0.3, -0.25) is 0 Å². The van der Waals surface area contributed by atoms with Crippen LogP contribution in [0.1, 0.15) is 45.2 Å². The number of hydrogen-bond donors (Lipinski definition) is 1. The average Bonchev–Trinajstić information content (AvgIpc) is 2.88. The van der Waals surface area contributed by atoms with Gasteiger partial charge >= 0.3 is 0 Å². The SMILES string of the molecule is CC(C)(C)[S@@+]([O-])N[C@H](c1ccsc1)C1CC1. The maximum Gasteiger partial charge on any atom is 0.136 e. The summed E-state index contributed by atoms with van der Waals surface area (Å²) in [5.41, 5.74) is 1.30. The Morgan fingerprint density at radius 3 is 2.62 bits per heavy atom. The Bertz CT molecular complexity index is 327. The van der Waals surface area contributed by atoms with Crippen molar-refractivity contribution in [2.75, 3.05) is 0 Å². The van der Waals surface area contributed by atoms with E-state index in [1.165, 1.54) is 18.4 Å². The van der Waals surface area contributed by atoms with Crippen LogP contribution in [0.4, 0.5) is 0 Å². The third-order valence-corrected chi connectivity index (χ3v) is 5.07. The highest BCUT2D eigenvalue weighted by Gasteiger charge is 2.38. The Morgan fingerprint density at radius 1 is 1.50 bits per heavy atom. The second kappa shape index (κ2) is 4.69. The first-order valence-electron chi connectivity index (χ1n) is 5.68. The quantitative estimate of drug-likeness (QED) is 0.840. The van der Waals surface area contributed by atoms with Gasteiger partial charge in [-0.2, -0.15) is 11.3 Å². The van der Waals surface area contributed by atoms with E-state index in [1.54, 1.807) is 11.3 Å². The van der Waals surface area contributed by atoms with Crippen molar-refractivity contribution in [1.29, 1.82) is 0 Å². The van der Waals surface area contributed by atoms with Gasteiger partial charge in [0.1, 0.15) is 4.75 Å². The summed E-state index contributed by atoms with van der Waals surface area (Å²) in [6.45, 7) is 6.02. The lowest BCUT2D eigenvalue weighted by Crippen LogP contribution is -2.41. The van der Waals surface area contributed by atoms with Crippen LogP contribution in [0, 0.1) is 5.92 Å². The Labute approximate surface area is 105 Å². The topological polar surface area (TPSA) is 35.1 Å². The number of nitrogens with one attached hydrogen (secondary N) is 1. The molecule has 0 aromatic carbocycles. The van der Waals surface area contributed by atoms with E-state index in [0.29, 0.717) is 5.92 Å². The smallest absolute Gasteiger partial charge is 0.136 e. The summed E-state index contributed by atoms with van der Waals surface area (Å²) >= 11 is 0.731. The monoisotopic (exact) mass is 257 g/mol. The first-order valence-corrected chi connectivity index (χ1v) is 7.78. The fourth-order valence-corrected chi connectivity index (χ4v) is 3.22. The predicted octanol–water partition coefficient (Wildman–Crippen LogP) is 3.25. The molecule has 2 atom stereocenters. The van der Waals surface area contributed by atoms with Crippen molar-refractivity contribution in [2.24, 2.45) is 5.92 Å². The molecule has 1 aliphatic rings. The van der Waals surface area contributed by atoms with Gasteiger partial charge in [0.05, 0.1) is 6.04 Å². The van der Waals surface area contributed by atoms with Gasteiger partial charge in [0.25, 0.3) is 0 Å². The molecule has 2 rings (SSSR count). The van der Waals surface area contributed by atoms with Crippen LogP contribution in [0.25, 0.3) is 0 Å². The maximum absolute atomic E-state index is 12.1. The molecule has 1 saturated carbocycles. The zero-order valence-electron chi connectivity index (χ0n) is 10.0. The fourth-order valence-electron chi connectivity index (χ4n) is 1.61. The van der Waals surface area contributed by atoms with E-state index in [1.807, 2.05) is 20.8 Å². The van der Waals surface area contributed by atoms with Gasteiger partial charge < -0.3 is 4.55 Å². The highest BCUT2D eigenvalue weighted by atomic mass is 32.2. The molecular weight excluding hydrogens is 238 g/mol. The van der Waals surface area contributed by atoms with Crippen molar-refractivity contribution >= 4 is 22.7 Å². The van der Waals surface area contributed by atoms with E-state index in [-0.39, 0.29) is 10.8 Å². The van der Waals surface area contributed by atoms with Crippen molar-refractivity contribution in [3.8, 4) is 0 Å². The molecule has 1 aromatic heterocycles. The molecule has 0 saturated heterocycles. The van der Waals surface area contributed by atoms with E-state index in [2.05, 4.69) is 21.5 Å². The molecule has 1 heterocycles. The van der Waals surface area contributed by atoms with E-state index in [9.17, 15) is 4.55 Å². The van der Waals surface area contributed by atoms with Gasteiger partial charge in [0.15, 0.2) is 0 Å². The minimum Gasteiger partial charge on any atom is -0.598 e. The first-order chi connectivity index (χ1) is 7.48. The molecule has 1 N–H and O–H groups in total. The molecule has 0 unspecified atom stereocenters. The van der Waals surface area contributed by atoms with Gasteiger partial charge in [0, 0.05) is 11.4 Å². The molecule has 0 radical (unpaired) electrons. The highest BCUT2D eigenvalue weighted by Crippen LogP contribution is 2.42. The second-order valence-electron chi connectivity index (χ2n) is 5.37. The third-order valence-electron chi connectivity index (χ3n) is 2.79. The number of rotatable bonds is 4.